The molecule has 0 radical (unpaired) electrons. The van der Waals surface area contributed by atoms with E-state index in [1.807, 2.05) is 0 Å². The molecule has 0 spiro atoms. The van der Waals surface area contributed by atoms with Gasteiger partial charge in [-0.25, -0.2) is 0 Å². The maximum atomic E-state index is 2.34. The minimum Gasteiger partial charge on any atom is -0.0651 e. The van der Waals surface area contributed by atoms with Crippen molar-refractivity contribution in [3.05, 3.63) is 35.4 Å². The fourth-order valence-electron chi connectivity index (χ4n) is 2.04. The van der Waals surface area contributed by atoms with Crippen molar-refractivity contribution in [3.8, 4) is 0 Å². The van der Waals surface area contributed by atoms with Crippen LogP contribution in [0.4, 0.5) is 0 Å². The Morgan fingerprint density at radius 3 is 2.36 bits per heavy atom. The topological polar surface area (TPSA) is 0 Å². The molecule has 0 heteroatoms. The maximum absolute atomic E-state index is 2.34. The molecular weight excluding hydrogens is 168 g/mol. The fraction of sp³-hybridized carbons (Fsp3) is 0.571. The first-order chi connectivity index (χ1) is 6.65. The molecule has 14 heavy (non-hydrogen) atoms. The summed E-state index contributed by atoms with van der Waals surface area (Å²) in [6.07, 6.45) is 2.59. The Balaban J connectivity index is 2.69. The molecule has 0 aliphatic heterocycles. The molecule has 1 aromatic rings. The standard InChI is InChI=1S/C14H22/c1-5-11(2)10-13(4)14-9-7-6-8-12(14)3/h6-9,11,13H,5,10H2,1-4H3. The Kier molecular flexibility index (Phi) is 4.19. The van der Waals surface area contributed by atoms with Gasteiger partial charge in [0.25, 0.3) is 0 Å². The van der Waals surface area contributed by atoms with Crippen molar-refractivity contribution in [3.63, 3.8) is 0 Å². The summed E-state index contributed by atoms with van der Waals surface area (Å²) in [6, 6.07) is 8.75. The number of rotatable bonds is 4. The van der Waals surface area contributed by atoms with Gasteiger partial charge < -0.3 is 0 Å². The van der Waals surface area contributed by atoms with Crippen LogP contribution in [0, 0.1) is 12.8 Å². The lowest BCUT2D eigenvalue weighted by molar-refractivity contribution is 0.470. The maximum Gasteiger partial charge on any atom is -0.0185 e. The fourth-order valence-corrected chi connectivity index (χ4v) is 2.04. The van der Waals surface area contributed by atoms with Crippen LogP contribution in [0.3, 0.4) is 0 Å². The van der Waals surface area contributed by atoms with Crippen LogP contribution in [0.5, 0.6) is 0 Å². The van der Waals surface area contributed by atoms with Crippen LogP contribution in [-0.4, -0.2) is 0 Å². The lowest BCUT2D eigenvalue weighted by Crippen LogP contribution is -2.02. The Morgan fingerprint density at radius 1 is 1.14 bits per heavy atom. The summed E-state index contributed by atoms with van der Waals surface area (Å²) < 4.78 is 0. The molecule has 0 N–H and O–H groups in total. The summed E-state index contributed by atoms with van der Waals surface area (Å²) in [5.41, 5.74) is 2.95. The Bertz CT molecular complexity index is 275. The van der Waals surface area contributed by atoms with Crippen molar-refractivity contribution in [2.75, 3.05) is 0 Å². The second-order valence-corrected chi connectivity index (χ2v) is 4.51. The molecule has 1 rings (SSSR count). The van der Waals surface area contributed by atoms with E-state index in [4.69, 9.17) is 0 Å². The van der Waals surface area contributed by atoms with E-state index < -0.39 is 0 Å². The predicted molar refractivity (Wildman–Crippen MR) is 63.7 cm³/mol. The predicted octanol–water partition coefficient (Wildman–Crippen LogP) is 4.53. The van der Waals surface area contributed by atoms with Gasteiger partial charge in [-0.1, -0.05) is 51.5 Å². The number of hydrogen-bond donors (Lipinski definition) is 0. The van der Waals surface area contributed by atoms with Gasteiger partial charge in [0.05, 0.1) is 0 Å². The average Bonchev–Trinajstić information content (AvgIpc) is 2.18. The largest absolute Gasteiger partial charge is 0.0651 e. The third-order valence-electron chi connectivity index (χ3n) is 3.17. The van der Waals surface area contributed by atoms with Crippen LogP contribution in [-0.2, 0) is 0 Å². The molecule has 0 aliphatic rings. The highest BCUT2D eigenvalue weighted by Crippen LogP contribution is 2.26. The van der Waals surface area contributed by atoms with Crippen molar-refractivity contribution < 1.29 is 0 Å². The first kappa shape index (κ1) is 11.3. The van der Waals surface area contributed by atoms with E-state index in [-0.39, 0.29) is 0 Å². The zero-order chi connectivity index (χ0) is 10.6. The number of hydrogen-bond acceptors (Lipinski definition) is 0. The first-order valence-corrected chi connectivity index (χ1v) is 5.70. The summed E-state index contributed by atoms with van der Waals surface area (Å²) in [7, 11) is 0. The van der Waals surface area contributed by atoms with Gasteiger partial charge in [-0.2, -0.15) is 0 Å². The molecule has 0 aliphatic carbocycles. The van der Waals surface area contributed by atoms with Crippen LogP contribution in [0.25, 0.3) is 0 Å². The van der Waals surface area contributed by atoms with Gasteiger partial charge in [-0.3, -0.25) is 0 Å². The number of aryl methyl sites for hydroxylation is 1. The summed E-state index contributed by atoms with van der Waals surface area (Å²) in [6.45, 7) is 9.17. The van der Waals surface area contributed by atoms with Crippen molar-refractivity contribution in [1.29, 1.82) is 0 Å². The molecule has 1 aromatic carbocycles. The zero-order valence-corrected chi connectivity index (χ0v) is 9.88. The van der Waals surface area contributed by atoms with Gasteiger partial charge in [0.15, 0.2) is 0 Å². The molecule has 78 valence electrons. The van der Waals surface area contributed by atoms with Crippen LogP contribution in [0.15, 0.2) is 24.3 Å². The second kappa shape index (κ2) is 5.19. The number of benzene rings is 1. The van der Waals surface area contributed by atoms with Crippen molar-refractivity contribution >= 4 is 0 Å². The smallest absolute Gasteiger partial charge is 0.0185 e. The van der Waals surface area contributed by atoms with Gasteiger partial charge in [0.2, 0.25) is 0 Å². The molecule has 0 nitrogen and oxygen atoms in total. The average molecular weight is 190 g/mol. The third kappa shape index (κ3) is 2.87. The van der Waals surface area contributed by atoms with Gasteiger partial charge in [0, 0.05) is 0 Å². The second-order valence-electron chi connectivity index (χ2n) is 4.51. The molecular formula is C14H22. The van der Waals surface area contributed by atoms with E-state index in [9.17, 15) is 0 Å². The molecule has 0 amide bonds. The highest BCUT2D eigenvalue weighted by molar-refractivity contribution is 5.28. The Labute approximate surface area is 88.4 Å². The molecule has 2 unspecified atom stereocenters. The van der Waals surface area contributed by atoms with Gasteiger partial charge in [-0.05, 0) is 36.3 Å². The first-order valence-electron chi connectivity index (χ1n) is 5.70. The molecule has 0 bridgehead atoms. The van der Waals surface area contributed by atoms with Gasteiger partial charge >= 0.3 is 0 Å². The van der Waals surface area contributed by atoms with E-state index in [0.717, 1.165) is 5.92 Å². The summed E-state index contributed by atoms with van der Waals surface area (Å²) in [5.74, 6) is 1.54. The van der Waals surface area contributed by atoms with Crippen LogP contribution < -0.4 is 0 Å². The molecule has 0 fully saturated rings. The van der Waals surface area contributed by atoms with Crippen LogP contribution in [0.1, 0.15) is 50.7 Å². The van der Waals surface area contributed by atoms with E-state index in [2.05, 4.69) is 52.0 Å². The van der Waals surface area contributed by atoms with Crippen molar-refractivity contribution in [1.82, 2.24) is 0 Å². The van der Waals surface area contributed by atoms with E-state index >= 15 is 0 Å². The summed E-state index contributed by atoms with van der Waals surface area (Å²) >= 11 is 0. The summed E-state index contributed by atoms with van der Waals surface area (Å²) in [4.78, 5) is 0. The van der Waals surface area contributed by atoms with Gasteiger partial charge in [-0.15, -0.1) is 0 Å². The highest BCUT2D eigenvalue weighted by Gasteiger charge is 2.10. The third-order valence-corrected chi connectivity index (χ3v) is 3.17. The lowest BCUT2D eigenvalue weighted by atomic mass is 9.88. The van der Waals surface area contributed by atoms with Crippen molar-refractivity contribution in [2.45, 2.75) is 46.5 Å². The lowest BCUT2D eigenvalue weighted by Gasteiger charge is -2.18. The zero-order valence-electron chi connectivity index (χ0n) is 9.88. The SMILES string of the molecule is CCC(C)CC(C)c1ccccc1C. The quantitative estimate of drug-likeness (QED) is 0.654. The van der Waals surface area contributed by atoms with E-state index in [1.54, 1.807) is 0 Å². The molecule has 0 saturated heterocycles. The highest BCUT2D eigenvalue weighted by atomic mass is 14.2. The minimum atomic E-state index is 0.700. The van der Waals surface area contributed by atoms with Crippen molar-refractivity contribution in [2.24, 2.45) is 5.92 Å². The molecule has 0 heterocycles. The van der Waals surface area contributed by atoms with Gasteiger partial charge in [0.1, 0.15) is 0 Å². The van der Waals surface area contributed by atoms with Crippen LogP contribution >= 0.6 is 0 Å². The molecule has 2 atom stereocenters. The Morgan fingerprint density at radius 2 is 1.79 bits per heavy atom. The normalized spacial score (nSPS) is 15.1. The summed E-state index contributed by atoms with van der Waals surface area (Å²) in [5, 5.41) is 0. The van der Waals surface area contributed by atoms with E-state index in [0.29, 0.717) is 5.92 Å². The Hall–Kier alpha value is -0.780. The molecule has 0 saturated carbocycles. The van der Waals surface area contributed by atoms with Crippen LogP contribution in [0.2, 0.25) is 0 Å². The monoisotopic (exact) mass is 190 g/mol. The molecule has 0 aromatic heterocycles. The van der Waals surface area contributed by atoms with E-state index in [1.165, 1.54) is 24.0 Å². The minimum absolute atomic E-state index is 0.700.